The van der Waals surface area contributed by atoms with E-state index in [4.69, 9.17) is 10.7 Å². The molecule has 1 aromatic carbocycles. The van der Waals surface area contributed by atoms with E-state index >= 15 is 0 Å². The molecule has 7 nitrogen and oxygen atoms in total. The molecule has 0 amide bonds. The van der Waals surface area contributed by atoms with Gasteiger partial charge in [-0.15, -0.1) is 0 Å². The van der Waals surface area contributed by atoms with Crippen LogP contribution in [0.2, 0.25) is 0 Å². The molecule has 0 spiro atoms. The number of anilines is 1. The van der Waals surface area contributed by atoms with Gasteiger partial charge in [0.2, 0.25) is 0 Å². The van der Waals surface area contributed by atoms with Crippen molar-refractivity contribution < 1.29 is 23.7 Å². The summed E-state index contributed by atoms with van der Waals surface area (Å²) in [5.74, 6) is 0.880. The van der Waals surface area contributed by atoms with Crippen molar-refractivity contribution in [1.29, 1.82) is 5.26 Å². The predicted molar refractivity (Wildman–Crippen MR) is 145 cm³/mol. The SMILES string of the molecule is CC.CCC(O)n1ncc2c(-n3c(N)c(C#N)c4cnc(C5CC5)c(C=C5CCC5)c43)c(C)ccc21.[V]. The molecule has 1 unspecified atom stereocenters. The molecule has 1 radical (unpaired) electrons. The maximum absolute atomic E-state index is 10.5. The van der Waals surface area contributed by atoms with Crippen molar-refractivity contribution in [2.75, 3.05) is 5.73 Å². The maximum atomic E-state index is 10.5. The fourth-order valence-electron chi connectivity index (χ4n) is 5.15. The number of aryl methyl sites for hydroxylation is 1. The van der Waals surface area contributed by atoms with E-state index < -0.39 is 6.23 Å². The molecule has 4 aromatic rings. The maximum Gasteiger partial charge on any atom is 0.147 e. The van der Waals surface area contributed by atoms with Crippen molar-refractivity contribution in [3.63, 3.8) is 0 Å². The summed E-state index contributed by atoms with van der Waals surface area (Å²) in [7, 11) is 0. The Bertz CT molecular complexity index is 1530. The number of allylic oxidation sites excluding steroid dienone is 1. The largest absolute Gasteiger partial charge is 0.384 e. The van der Waals surface area contributed by atoms with Crippen LogP contribution < -0.4 is 5.73 Å². The fraction of sp³-hybridized carbons (Fsp3) is 0.414. The van der Waals surface area contributed by atoms with Crippen molar-refractivity contribution in [2.24, 2.45) is 0 Å². The topological polar surface area (TPSA) is 106 Å². The van der Waals surface area contributed by atoms with Crippen LogP contribution in [0.15, 0.2) is 30.1 Å². The summed E-state index contributed by atoms with van der Waals surface area (Å²) in [5.41, 5.74) is 14.5. The van der Waals surface area contributed by atoms with Gasteiger partial charge < -0.3 is 10.8 Å². The van der Waals surface area contributed by atoms with Crippen LogP contribution in [0.5, 0.6) is 0 Å². The third-order valence-electron chi connectivity index (χ3n) is 7.35. The van der Waals surface area contributed by atoms with Crippen molar-refractivity contribution in [2.45, 2.75) is 78.4 Å². The van der Waals surface area contributed by atoms with Gasteiger partial charge in [0.15, 0.2) is 0 Å². The Kier molecular flexibility index (Phi) is 7.84. The van der Waals surface area contributed by atoms with Gasteiger partial charge in [0.1, 0.15) is 23.7 Å². The van der Waals surface area contributed by atoms with E-state index in [0.29, 0.717) is 23.7 Å². The standard InChI is InChI=1S/C27H28N6O.C2H6.V/c1-3-23(34)33-22-10-7-15(2)25(21(22)14-31-33)32-26-18(11-16-5-4-6-16)24(17-8-9-17)30-13-20(26)19(12-28)27(32)29;1-2;/h7,10-11,13-14,17,23,34H,3-6,8-9,29H2,1-2H3;1-2H3;. The van der Waals surface area contributed by atoms with Crippen LogP contribution in [0.3, 0.4) is 0 Å². The zero-order valence-electron chi connectivity index (χ0n) is 22.0. The second-order valence-electron chi connectivity index (χ2n) is 9.60. The zero-order valence-corrected chi connectivity index (χ0v) is 23.4. The molecule has 2 fully saturated rings. The summed E-state index contributed by atoms with van der Waals surface area (Å²) in [6.07, 6.45) is 11.5. The smallest absolute Gasteiger partial charge is 0.147 e. The number of nitrogens with zero attached hydrogens (tertiary/aromatic N) is 5. The predicted octanol–water partition coefficient (Wildman–Crippen LogP) is 6.51. The Labute approximate surface area is 229 Å². The minimum Gasteiger partial charge on any atom is -0.384 e. The Morgan fingerprint density at radius 1 is 1.22 bits per heavy atom. The minimum absolute atomic E-state index is 0. The Morgan fingerprint density at radius 3 is 2.54 bits per heavy atom. The molecule has 37 heavy (non-hydrogen) atoms. The van der Waals surface area contributed by atoms with E-state index in [1.807, 2.05) is 50.6 Å². The molecule has 2 aliphatic rings. The van der Waals surface area contributed by atoms with E-state index in [1.165, 1.54) is 12.0 Å². The van der Waals surface area contributed by atoms with E-state index in [2.05, 4.69) is 17.2 Å². The molecular weight excluding hydrogens is 499 g/mol. The van der Waals surface area contributed by atoms with Gasteiger partial charge >= 0.3 is 0 Å². The number of aromatic nitrogens is 4. The fourth-order valence-corrected chi connectivity index (χ4v) is 5.15. The molecule has 191 valence electrons. The zero-order chi connectivity index (χ0) is 25.6. The van der Waals surface area contributed by atoms with Crippen LogP contribution in [0.25, 0.3) is 33.6 Å². The number of nitriles is 1. The summed E-state index contributed by atoms with van der Waals surface area (Å²) in [6, 6.07) is 6.35. The van der Waals surface area contributed by atoms with Crippen molar-refractivity contribution in [3.05, 3.63) is 52.5 Å². The summed E-state index contributed by atoms with van der Waals surface area (Å²) in [4.78, 5) is 4.85. The Hall–Kier alpha value is -3.05. The molecule has 2 saturated carbocycles. The number of hydrogen-bond acceptors (Lipinski definition) is 5. The second-order valence-corrected chi connectivity index (χ2v) is 9.60. The van der Waals surface area contributed by atoms with Gasteiger partial charge in [-0.05, 0) is 57.1 Å². The number of aliphatic hydroxyl groups is 1. The third kappa shape index (κ3) is 4.38. The molecule has 3 aromatic heterocycles. The van der Waals surface area contributed by atoms with E-state index in [1.54, 1.807) is 10.9 Å². The average molecular weight is 534 g/mol. The first-order valence-corrected chi connectivity index (χ1v) is 13.1. The van der Waals surface area contributed by atoms with Gasteiger partial charge in [-0.1, -0.05) is 38.5 Å². The molecule has 6 rings (SSSR count). The van der Waals surface area contributed by atoms with Crippen molar-refractivity contribution in [3.8, 4) is 11.8 Å². The quantitative estimate of drug-likeness (QED) is 0.304. The van der Waals surface area contributed by atoms with Gasteiger partial charge in [0.25, 0.3) is 0 Å². The van der Waals surface area contributed by atoms with Crippen molar-refractivity contribution >= 4 is 33.7 Å². The van der Waals surface area contributed by atoms with E-state index in [9.17, 15) is 10.4 Å². The monoisotopic (exact) mass is 533 g/mol. The van der Waals surface area contributed by atoms with Crippen LogP contribution >= 0.6 is 0 Å². The first kappa shape index (κ1) is 27.0. The summed E-state index contributed by atoms with van der Waals surface area (Å²) in [5, 5.41) is 26.7. The number of benzene rings is 1. The number of nitrogens with two attached hydrogens (primary N) is 1. The number of aliphatic hydroxyl groups excluding tert-OH is 1. The number of nitrogen functional groups attached to an aromatic ring is 1. The summed E-state index contributed by atoms with van der Waals surface area (Å²) < 4.78 is 3.69. The number of fused-ring (bicyclic) bond motifs is 2. The number of hydrogen-bond donors (Lipinski definition) is 2. The van der Waals surface area contributed by atoms with Crippen molar-refractivity contribution in [1.82, 2.24) is 19.3 Å². The molecule has 1 atom stereocenters. The molecule has 0 bridgehead atoms. The molecule has 3 N–H and O–H groups in total. The van der Waals surface area contributed by atoms with Crippen LogP contribution in [0.4, 0.5) is 5.82 Å². The number of rotatable bonds is 5. The second kappa shape index (κ2) is 10.7. The normalized spacial score (nSPS) is 15.4. The molecule has 8 heteroatoms. The summed E-state index contributed by atoms with van der Waals surface area (Å²) >= 11 is 0. The van der Waals surface area contributed by atoms with Gasteiger partial charge in [0, 0.05) is 47.0 Å². The minimum atomic E-state index is -0.703. The Morgan fingerprint density at radius 2 is 1.95 bits per heavy atom. The molecule has 0 aliphatic heterocycles. The average Bonchev–Trinajstić information content (AvgIpc) is 3.56. The molecule has 2 aliphatic carbocycles. The van der Waals surface area contributed by atoms with Crippen LogP contribution in [-0.4, -0.2) is 24.4 Å². The first-order chi connectivity index (χ1) is 17.5. The van der Waals surface area contributed by atoms with Gasteiger partial charge in [-0.25, -0.2) is 4.68 Å². The number of pyridine rings is 1. The van der Waals surface area contributed by atoms with Gasteiger partial charge in [0.05, 0.1) is 28.6 Å². The first-order valence-electron chi connectivity index (χ1n) is 13.1. The van der Waals surface area contributed by atoms with Gasteiger partial charge in [-0.2, -0.15) is 10.4 Å². The van der Waals surface area contributed by atoms with Crippen LogP contribution in [-0.2, 0) is 18.6 Å². The third-order valence-corrected chi connectivity index (χ3v) is 7.35. The molecule has 3 heterocycles. The van der Waals surface area contributed by atoms with Gasteiger partial charge in [-0.3, -0.25) is 9.55 Å². The van der Waals surface area contributed by atoms with Crippen LogP contribution in [0.1, 0.15) is 93.8 Å². The summed E-state index contributed by atoms with van der Waals surface area (Å²) in [6.45, 7) is 7.98. The van der Waals surface area contributed by atoms with E-state index in [0.717, 1.165) is 70.0 Å². The molecular formula is C29H34N6OV. The van der Waals surface area contributed by atoms with E-state index in [-0.39, 0.29) is 18.6 Å². The molecule has 0 saturated heterocycles. The van der Waals surface area contributed by atoms with Crippen LogP contribution in [0, 0.1) is 18.3 Å². The Balaban J connectivity index is 0.00000104.